The summed E-state index contributed by atoms with van der Waals surface area (Å²) in [7, 11) is 0. The first-order valence-electron chi connectivity index (χ1n) is 9.25. The Bertz CT molecular complexity index is 975. The van der Waals surface area contributed by atoms with E-state index in [9.17, 15) is 27.6 Å². The second-order valence-corrected chi connectivity index (χ2v) is 7.15. The van der Waals surface area contributed by atoms with E-state index in [-0.39, 0.29) is 24.2 Å². The third kappa shape index (κ3) is 5.37. The number of alkyl halides is 3. The van der Waals surface area contributed by atoms with Crippen molar-refractivity contribution in [2.45, 2.75) is 19.5 Å². The molecule has 0 radical (unpaired) electrons. The van der Waals surface area contributed by atoms with Crippen LogP contribution in [0.25, 0.3) is 0 Å². The predicted molar refractivity (Wildman–Crippen MR) is 105 cm³/mol. The average molecular weight is 419 g/mol. The summed E-state index contributed by atoms with van der Waals surface area (Å²) < 4.78 is 37.7. The lowest BCUT2D eigenvalue weighted by Gasteiger charge is -2.18. The van der Waals surface area contributed by atoms with Gasteiger partial charge in [0.05, 0.1) is 17.2 Å². The minimum atomic E-state index is -4.53. The molecule has 0 aromatic heterocycles. The molecule has 9 heteroatoms. The van der Waals surface area contributed by atoms with Crippen LogP contribution >= 0.6 is 0 Å². The van der Waals surface area contributed by atoms with Crippen molar-refractivity contribution in [1.82, 2.24) is 4.90 Å². The number of hydrogen-bond acceptors (Lipinski definition) is 3. The number of likely N-dealkylation sites (tertiary alicyclic amines) is 1. The molecule has 2 aromatic rings. The van der Waals surface area contributed by atoms with Gasteiger partial charge in [0.2, 0.25) is 11.8 Å². The zero-order valence-corrected chi connectivity index (χ0v) is 16.1. The lowest BCUT2D eigenvalue weighted by atomic mass is 10.1. The molecule has 158 valence electrons. The summed E-state index contributed by atoms with van der Waals surface area (Å²) in [5.41, 5.74) is 1.97. The molecule has 1 fully saturated rings. The Balaban J connectivity index is 1.69. The topological polar surface area (TPSA) is 78.5 Å². The Morgan fingerprint density at radius 2 is 1.83 bits per heavy atom. The van der Waals surface area contributed by atoms with Crippen LogP contribution in [-0.4, -0.2) is 41.9 Å². The first-order valence-corrected chi connectivity index (χ1v) is 9.25. The van der Waals surface area contributed by atoms with E-state index in [1.54, 1.807) is 30.3 Å². The number of benzene rings is 2. The Morgan fingerprint density at radius 1 is 1.10 bits per heavy atom. The molecule has 30 heavy (non-hydrogen) atoms. The van der Waals surface area contributed by atoms with Crippen molar-refractivity contribution in [3.8, 4) is 0 Å². The highest BCUT2D eigenvalue weighted by Crippen LogP contribution is 2.26. The van der Waals surface area contributed by atoms with Crippen LogP contribution in [0.3, 0.4) is 0 Å². The molecule has 3 amide bonds. The molecule has 0 aliphatic carbocycles. The third-order valence-corrected chi connectivity index (χ3v) is 4.66. The lowest BCUT2D eigenvalue weighted by molar-refractivity contribution is -0.157. The highest BCUT2D eigenvalue weighted by molar-refractivity contribution is 6.10. The molecule has 0 saturated carbocycles. The minimum absolute atomic E-state index is 0.198. The second kappa shape index (κ2) is 8.56. The summed E-state index contributed by atoms with van der Waals surface area (Å²) in [6.07, 6.45) is -4.83. The zero-order chi connectivity index (χ0) is 21.9. The van der Waals surface area contributed by atoms with E-state index in [1.807, 2.05) is 13.0 Å². The Kier molecular flexibility index (Phi) is 6.09. The largest absolute Gasteiger partial charge is 0.406 e. The summed E-state index contributed by atoms with van der Waals surface area (Å²) in [4.78, 5) is 37.6. The van der Waals surface area contributed by atoms with Crippen molar-refractivity contribution < 1.29 is 27.6 Å². The molecule has 1 heterocycles. The quantitative estimate of drug-likeness (QED) is 0.778. The molecule has 0 bridgehead atoms. The molecule has 1 aliphatic heterocycles. The number of halogens is 3. The number of nitrogens with one attached hydrogen (secondary N) is 2. The molecule has 3 rings (SSSR count). The standard InChI is InChI=1S/C21H20F3N3O3/c1-13-5-4-6-15(9-13)25-20(30)16-7-2-3-8-17(16)26-19(29)14-10-18(28)27(11-14)12-21(22,23)24/h2-9,14H,10-12H2,1H3,(H,25,30)(H,26,29). The number of carbonyl (C=O) groups is 3. The summed E-state index contributed by atoms with van der Waals surface area (Å²) in [6, 6.07) is 13.5. The van der Waals surface area contributed by atoms with Crippen LogP contribution in [0.15, 0.2) is 48.5 Å². The number of anilines is 2. The maximum Gasteiger partial charge on any atom is 0.406 e. The van der Waals surface area contributed by atoms with Gasteiger partial charge in [0.15, 0.2) is 0 Å². The van der Waals surface area contributed by atoms with Gasteiger partial charge in [0, 0.05) is 18.7 Å². The highest BCUT2D eigenvalue weighted by atomic mass is 19.4. The minimum Gasteiger partial charge on any atom is -0.333 e. The third-order valence-electron chi connectivity index (χ3n) is 4.66. The monoisotopic (exact) mass is 419 g/mol. The van der Waals surface area contributed by atoms with Crippen molar-refractivity contribution in [2.24, 2.45) is 5.92 Å². The number of amides is 3. The molecule has 1 atom stereocenters. The van der Waals surface area contributed by atoms with Crippen LogP contribution in [0.4, 0.5) is 24.5 Å². The fourth-order valence-electron chi connectivity index (χ4n) is 3.26. The molecule has 2 N–H and O–H groups in total. The number of aryl methyl sites for hydroxylation is 1. The fraction of sp³-hybridized carbons (Fsp3) is 0.286. The lowest BCUT2D eigenvalue weighted by Crippen LogP contribution is -2.36. The molecular weight excluding hydrogens is 399 g/mol. The zero-order valence-electron chi connectivity index (χ0n) is 16.1. The summed E-state index contributed by atoms with van der Waals surface area (Å²) in [6.45, 7) is 0.182. The Morgan fingerprint density at radius 3 is 2.53 bits per heavy atom. The summed E-state index contributed by atoms with van der Waals surface area (Å²) in [5.74, 6) is -2.70. The van der Waals surface area contributed by atoms with Gasteiger partial charge < -0.3 is 15.5 Å². The van der Waals surface area contributed by atoms with Crippen LogP contribution in [0, 0.1) is 12.8 Å². The normalized spacial score (nSPS) is 16.5. The SMILES string of the molecule is Cc1cccc(NC(=O)c2ccccc2NC(=O)C2CC(=O)N(CC(F)(F)F)C2)c1. The van der Waals surface area contributed by atoms with Gasteiger partial charge in [-0.3, -0.25) is 14.4 Å². The molecule has 1 unspecified atom stereocenters. The van der Waals surface area contributed by atoms with Gasteiger partial charge in [-0.25, -0.2) is 0 Å². The van der Waals surface area contributed by atoms with Gasteiger partial charge in [-0.1, -0.05) is 24.3 Å². The van der Waals surface area contributed by atoms with Crippen molar-refractivity contribution in [1.29, 1.82) is 0 Å². The number of hydrogen-bond donors (Lipinski definition) is 2. The molecule has 6 nitrogen and oxygen atoms in total. The highest BCUT2D eigenvalue weighted by Gasteiger charge is 2.40. The van der Waals surface area contributed by atoms with E-state index in [1.165, 1.54) is 12.1 Å². The van der Waals surface area contributed by atoms with Crippen LogP contribution in [0.5, 0.6) is 0 Å². The first kappa shape index (κ1) is 21.4. The predicted octanol–water partition coefficient (Wildman–Crippen LogP) is 3.60. The van der Waals surface area contributed by atoms with Crippen molar-refractivity contribution >= 4 is 29.1 Å². The van der Waals surface area contributed by atoms with Gasteiger partial charge in [-0.15, -0.1) is 0 Å². The van der Waals surface area contributed by atoms with Gasteiger partial charge in [-0.2, -0.15) is 13.2 Å². The number of para-hydroxylation sites is 1. The Labute approximate surface area is 171 Å². The smallest absolute Gasteiger partial charge is 0.333 e. The van der Waals surface area contributed by atoms with Crippen LogP contribution in [0.2, 0.25) is 0 Å². The number of carbonyl (C=O) groups excluding carboxylic acids is 3. The van der Waals surface area contributed by atoms with Gasteiger partial charge in [0.25, 0.3) is 5.91 Å². The van der Waals surface area contributed by atoms with Gasteiger partial charge >= 0.3 is 6.18 Å². The van der Waals surface area contributed by atoms with Gasteiger partial charge in [-0.05, 0) is 36.8 Å². The maximum atomic E-state index is 12.7. The van der Waals surface area contributed by atoms with E-state index in [0.717, 1.165) is 5.56 Å². The number of nitrogens with zero attached hydrogens (tertiary/aromatic N) is 1. The van der Waals surface area contributed by atoms with Gasteiger partial charge in [0.1, 0.15) is 6.54 Å². The van der Waals surface area contributed by atoms with Crippen molar-refractivity contribution in [3.05, 3.63) is 59.7 Å². The van der Waals surface area contributed by atoms with Crippen LogP contribution in [0.1, 0.15) is 22.3 Å². The molecule has 0 spiro atoms. The van der Waals surface area contributed by atoms with E-state index >= 15 is 0 Å². The molecule has 1 aliphatic rings. The van der Waals surface area contributed by atoms with E-state index in [0.29, 0.717) is 10.6 Å². The van der Waals surface area contributed by atoms with Crippen molar-refractivity contribution in [2.75, 3.05) is 23.7 Å². The average Bonchev–Trinajstić information content (AvgIpc) is 3.01. The first-order chi connectivity index (χ1) is 14.1. The second-order valence-electron chi connectivity index (χ2n) is 7.15. The maximum absolute atomic E-state index is 12.7. The fourth-order valence-corrected chi connectivity index (χ4v) is 3.26. The van der Waals surface area contributed by atoms with E-state index in [4.69, 9.17) is 0 Å². The van der Waals surface area contributed by atoms with Crippen molar-refractivity contribution in [3.63, 3.8) is 0 Å². The van der Waals surface area contributed by atoms with E-state index < -0.39 is 36.4 Å². The summed E-state index contributed by atoms with van der Waals surface area (Å²) in [5, 5.41) is 5.32. The van der Waals surface area contributed by atoms with Crippen LogP contribution < -0.4 is 10.6 Å². The Hall–Kier alpha value is -3.36. The summed E-state index contributed by atoms with van der Waals surface area (Å²) >= 11 is 0. The number of rotatable bonds is 5. The van der Waals surface area contributed by atoms with E-state index in [2.05, 4.69) is 10.6 Å². The van der Waals surface area contributed by atoms with Crippen LogP contribution in [-0.2, 0) is 9.59 Å². The molecule has 2 aromatic carbocycles. The molecule has 1 saturated heterocycles. The molecular formula is C21H20F3N3O3.